The highest BCUT2D eigenvalue weighted by molar-refractivity contribution is 9.10. The van der Waals surface area contributed by atoms with Crippen LogP contribution in [0.1, 0.15) is 16.7 Å². The second-order valence-electron chi connectivity index (χ2n) is 12.0. The Morgan fingerprint density at radius 3 is 1.32 bits per heavy atom. The smallest absolute Gasteiger partial charge is 0.205 e. The van der Waals surface area contributed by atoms with Crippen molar-refractivity contribution in [2.45, 2.75) is 6.92 Å². The van der Waals surface area contributed by atoms with Crippen LogP contribution < -0.4 is 0 Å². The normalized spacial score (nSPS) is 10.3. The molecule has 0 spiro atoms. The maximum Gasteiger partial charge on any atom is 0.205 e. The quantitative estimate of drug-likeness (QED) is 0.160. The van der Waals surface area contributed by atoms with Crippen molar-refractivity contribution in [2.75, 3.05) is 0 Å². The fraction of sp³-hybridized carbons (Fsp3) is 0.0256. The largest absolute Gasteiger partial charge is 0.236 e. The Labute approximate surface area is 353 Å². The van der Waals surface area contributed by atoms with Crippen LogP contribution >= 0.6 is 39.1 Å². The molecule has 0 aliphatic rings. The van der Waals surface area contributed by atoms with Gasteiger partial charge in [-0.05, 0) is 119 Å². The molecule has 0 saturated carbocycles. The molecule has 0 amide bonds. The van der Waals surface area contributed by atoms with Gasteiger partial charge in [-0.2, -0.15) is 10.5 Å². The van der Waals surface area contributed by atoms with Gasteiger partial charge in [-0.1, -0.05) is 57.3 Å². The number of nitriles is 2. The fourth-order valence-corrected chi connectivity index (χ4v) is 6.24. The monoisotopic (exact) mass is 879 g/mol. The first-order valence-electron chi connectivity index (χ1n) is 17.1. The number of hydrogen-bond acceptors (Lipinski definition) is 14. The molecular formula is C39H24BrCl2N17. The molecule has 20 heteroatoms. The lowest BCUT2D eigenvalue weighted by molar-refractivity contribution is 0.701. The number of aryl methyl sites for hydroxylation is 1. The number of halogens is 3. The zero-order valence-electron chi connectivity index (χ0n) is 30.4. The lowest BCUT2D eigenvalue weighted by atomic mass is 10.1. The Balaban J connectivity index is 0.000000134. The molecule has 6 aromatic heterocycles. The molecule has 59 heavy (non-hydrogen) atoms. The van der Waals surface area contributed by atoms with E-state index in [1.54, 1.807) is 79.3 Å². The molecule has 9 rings (SSSR count). The summed E-state index contributed by atoms with van der Waals surface area (Å²) in [6.07, 6.45) is 4.98. The number of tetrazole rings is 3. The molecule has 0 atom stereocenters. The second-order valence-corrected chi connectivity index (χ2v) is 13.8. The zero-order valence-corrected chi connectivity index (χ0v) is 33.5. The van der Waals surface area contributed by atoms with Crippen molar-refractivity contribution in [3.05, 3.63) is 159 Å². The van der Waals surface area contributed by atoms with Gasteiger partial charge in [0, 0.05) is 49.8 Å². The van der Waals surface area contributed by atoms with Crippen molar-refractivity contribution < 1.29 is 0 Å². The Kier molecular flexibility index (Phi) is 12.4. The summed E-state index contributed by atoms with van der Waals surface area (Å²) in [6.45, 7) is 1.92. The SMILES string of the molecule is Cc1cc(C#N)cc(-c2nnn(-c3ccccn3)n2)c1.Clc1cc(Br)cc(-c2nnn(-c3ccccn3)n2)c1.N#Cc1cc(Cl)cc(-c2nnn(-c3ccccn3)n2)c1. The molecule has 0 aliphatic carbocycles. The minimum absolute atomic E-state index is 0.384. The van der Waals surface area contributed by atoms with Crippen LogP contribution in [0, 0.1) is 29.6 Å². The van der Waals surface area contributed by atoms with Gasteiger partial charge in [0.25, 0.3) is 0 Å². The Bertz CT molecular complexity index is 2770. The third-order valence-electron chi connectivity index (χ3n) is 7.67. The highest BCUT2D eigenvalue weighted by atomic mass is 79.9. The molecule has 286 valence electrons. The predicted molar refractivity (Wildman–Crippen MR) is 219 cm³/mol. The van der Waals surface area contributed by atoms with E-state index >= 15 is 0 Å². The van der Waals surface area contributed by atoms with Crippen LogP contribution in [0.2, 0.25) is 10.0 Å². The summed E-state index contributed by atoms with van der Waals surface area (Å²) >= 11 is 15.3. The molecule has 0 radical (unpaired) electrons. The first-order chi connectivity index (χ1) is 28.7. The highest BCUT2D eigenvalue weighted by Crippen LogP contribution is 2.25. The van der Waals surface area contributed by atoms with Crippen LogP contribution in [-0.2, 0) is 0 Å². The standard InChI is InChI=1S/C14H10N6.C13H7ClN6.C12H7BrClN5/c1-10-6-11(9-15)8-12(7-10)14-17-19-20(18-14)13-4-2-3-5-16-13;14-11-6-9(8-15)5-10(7-11)13-17-19-20(18-13)12-3-1-2-4-16-12;13-9-5-8(6-10(14)7-9)12-16-18-19(17-12)11-3-1-2-4-15-11/h2-8H,1H3;1-7H;1-7H. The van der Waals surface area contributed by atoms with Crippen LogP contribution in [0.4, 0.5) is 0 Å². The van der Waals surface area contributed by atoms with E-state index in [-0.39, 0.29) is 0 Å². The summed E-state index contributed by atoms with van der Waals surface area (Å²) < 4.78 is 0.865. The van der Waals surface area contributed by atoms with Crippen LogP contribution in [0.5, 0.6) is 0 Å². The van der Waals surface area contributed by atoms with E-state index < -0.39 is 0 Å². The minimum Gasteiger partial charge on any atom is -0.236 e. The van der Waals surface area contributed by atoms with Crippen LogP contribution in [0.25, 0.3) is 51.6 Å². The molecule has 0 fully saturated rings. The van der Waals surface area contributed by atoms with Gasteiger partial charge in [0.1, 0.15) is 0 Å². The summed E-state index contributed by atoms with van der Waals surface area (Å²) in [5, 5.41) is 55.7. The van der Waals surface area contributed by atoms with Crippen LogP contribution in [0.15, 0.2) is 132 Å². The average Bonchev–Trinajstić information content (AvgIpc) is 4.07. The van der Waals surface area contributed by atoms with E-state index in [0.717, 1.165) is 21.2 Å². The second kappa shape index (κ2) is 18.5. The van der Waals surface area contributed by atoms with Crippen LogP contribution in [-0.4, -0.2) is 75.6 Å². The number of aromatic nitrogens is 15. The molecule has 0 aliphatic heterocycles. The number of rotatable bonds is 6. The number of hydrogen-bond donors (Lipinski definition) is 0. The topological polar surface area (TPSA) is 217 Å². The van der Waals surface area contributed by atoms with E-state index in [9.17, 15) is 0 Å². The fourth-order valence-electron chi connectivity index (χ4n) is 5.14. The maximum atomic E-state index is 8.99. The summed E-state index contributed by atoms with van der Waals surface area (Å²) in [6, 6.07) is 36.4. The summed E-state index contributed by atoms with van der Waals surface area (Å²) in [7, 11) is 0. The van der Waals surface area contributed by atoms with Crippen molar-refractivity contribution in [3.63, 3.8) is 0 Å². The van der Waals surface area contributed by atoms with E-state index in [4.69, 9.17) is 33.7 Å². The van der Waals surface area contributed by atoms with Gasteiger partial charge >= 0.3 is 0 Å². The summed E-state index contributed by atoms with van der Waals surface area (Å²) in [4.78, 5) is 16.5. The Morgan fingerprint density at radius 1 is 0.508 bits per heavy atom. The van der Waals surface area contributed by atoms with Gasteiger partial charge in [-0.3, -0.25) is 0 Å². The average molecular weight is 882 g/mol. The highest BCUT2D eigenvalue weighted by Gasteiger charge is 2.12. The van der Waals surface area contributed by atoms with Gasteiger partial charge < -0.3 is 0 Å². The van der Waals surface area contributed by atoms with E-state index in [1.165, 1.54) is 14.4 Å². The van der Waals surface area contributed by atoms with Crippen molar-refractivity contribution in [2.24, 2.45) is 0 Å². The van der Waals surface area contributed by atoms with Gasteiger partial charge in [0.15, 0.2) is 17.5 Å². The summed E-state index contributed by atoms with van der Waals surface area (Å²) in [5.74, 6) is 3.12. The molecule has 0 saturated heterocycles. The van der Waals surface area contributed by atoms with Crippen molar-refractivity contribution in [1.82, 2.24) is 75.6 Å². The third-order valence-corrected chi connectivity index (χ3v) is 8.57. The zero-order chi connectivity index (χ0) is 41.1. The first kappa shape index (κ1) is 39.6. The molecular weight excluding hydrogens is 857 g/mol. The number of nitrogens with zero attached hydrogens (tertiary/aromatic N) is 17. The Hall–Kier alpha value is -7.64. The molecule has 0 N–H and O–H groups in total. The number of pyridine rings is 3. The Morgan fingerprint density at radius 2 is 0.915 bits per heavy atom. The number of benzene rings is 3. The predicted octanol–water partition coefficient (Wildman–Crippen LogP) is 7.29. The molecule has 9 aromatic rings. The van der Waals surface area contributed by atoms with E-state index in [1.807, 2.05) is 61.5 Å². The van der Waals surface area contributed by atoms with Crippen molar-refractivity contribution >= 4 is 39.1 Å². The molecule has 17 nitrogen and oxygen atoms in total. The van der Waals surface area contributed by atoms with Gasteiger partial charge in [-0.25, -0.2) is 15.0 Å². The molecule has 6 heterocycles. The molecule has 3 aromatic carbocycles. The van der Waals surface area contributed by atoms with E-state index in [0.29, 0.717) is 61.7 Å². The minimum atomic E-state index is 0.384. The van der Waals surface area contributed by atoms with Crippen molar-refractivity contribution in [3.8, 4) is 63.8 Å². The van der Waals surface area contributed by atoms with Gasteiger partial charge in [0.05, 0.1) is 23.3 Å². The third kappa shape index (κ3) is 10.2. The lowest BCUT2D eigenvalue weighted by Crippen LogP contribution is -2.00. The first-order valence-corrected chi connectivity index (χ1v) is 18.6. The summed E-state index contributed by atoms with van der Waals surface area (Å²) in [5.41, 5.74) is 4.20. The lowest BCUT2D eigenvalue weighted by Gasteiger charge is -1.98. The molecule has 0 unspecified atom stereocenters. The molecule has 0 bridgehead atoms. The maximum absolute atomic E-state index is 8.99. The van der Waals surface area contributed by atoms with Gasteiger partial charge in [0.2, 0.25) is 17.5 Å². The van der Waals surface area contributed by atoms with E-state index in [2.05, 4.69) is 83.2 Å². The van der Waals surface area contributed by atoms with Crippen molar-refractivity contribution in [1.29, 1.82) is 10.5 Å². The van der Waals surface area contributed by atoms with Gasteiger partial charge in [-0.15, -0.1) is 45.0 Å². The van der Waals surface area contributed by atoms with Crippen LogP contribution in [0.3, 0.4) is 0 Å².